The van der Waals surface area contributed by atoms with Gasteiger partial charge >= 0.3 is 6.07 Å². The summed E-state index contributed by atoms with van der Waals surface area (Å²) in [6, 6.07) is 0. The zero-order valence-electron chi connectivity index (χ0n) is 5.24. The first kappa shape index (κ1) is 13.4. The third-order valence-electron chi connectivity index (χ3n) is 0.316. The van der Waals surface area contributed by atoms with E-state index in [9.17, 15) is 4.57 Å². The van der Waals surface area contributed by atoms with Gasteiger partial charge in [0, 0.05) is 0 Å². The number of terminal acetylenes is 2. The highest BCUT2D eigenvalue weighted by Gasteiger charge is 2.02. The van der Waals surface area contributed by atoms with Gasteiger partial charge in [-0.3, -0.25) is 4.57 Å². The van der Waals surface area contributed by atoms with Crippen molar-refractivity contribution in [3.8, 4) is 24.7 Å². The van der Waals surface area contributed by atoms with Gasteiger partial charge in [0.2, 0.25) is 0 Å². The van der Waals surface area contributed by atoms with Crippen LogP contribution < -0.4 is 0 Å². The summed E-state index contributed by atoms with van der Waals surface area (Å²) in [7, 11) is 0. The highest BCUT2D eigenvalue weighted by atomic mass is 35.9. The van der Waals surface area contributed by atoms with Crippen LogP contribution in [0.1, 0.15) is 0 Å². The smallest absolute Gasteiger partial charge is 0.369 e. The van der Waals surface area contributed by atoms with Crippen molar-refractivity contribution < 1.29 is 14.6 Å². The number of hydrogen-bond acceptors (Lipinski definition) is 2. The summed E-state index contributed by atoms with van der Waals surface area (Å²) >= 11 is 8.81. The zero-order chi connectivity index (χ0) is 9.49. The fraction of sp³-hybridized carbons (Fsp3) is 0.200. The minimum absolute atomic E-state index is 1.01. The molecule has 0 rings (SSSR count). The first-order valence-corrected chi connectivity index (χ1v) is 5.60. The van der Waals surface area contributed by atoms with E-state index in [1.54, 1.807) is 0 Å². The normalized spacial score (nSPS) is 9.00. The van der Waals surface area contributed by atoms with E-state index in [2.05, 4.69) is 35.3 Å². The third-order valence-corrected chi connectivity index (χ3v) is 0.316. The molecule has 0 spiro atoms. The SMILES string of the molecule is C#CC(O)C#C.O=P(O)(Cl)Cl. The molecule has 62 valence electrons. The van der Waals surface area contributed by atoms with E-state index in [0.29, 0.717) is 0 Å². The summed E-state index contributed by atoms with van der Waals surface area (Å²) in [6.07, 6.45) is 4.58. The third kappa shape index (κ3) is 41.0. The Balaban J connectivity index is 0. The molecular weight excluding hydrogens is 210 g/mol. The van der Waals surface area contributed by atoms with E-state index >= 15 is 0 Å². The zero-order valence-corrected chi connectivity index (χ0v) is 7.64. The molecule has 3 nitrogen and oxygen atoms in total. The molecule has 0 unspecified atom stereocenters. The molecule has 0 aromatic rings. The molecule has 0 aromatic carbocycles. The summed E-state index contributed by atoms with van der Waals surface area (Å²) in [5.41, 5.74) is 0. The van der Waals surface area contributed by atoms with Gasteiger partial charge in [-0.15, -0.1) is 12.8 Å². The summed E-state index contributed by atoms with van der Waals surface area (Å²) < 4.78 is 9.30. The molecule has 0 bridgehead atoms. The lowest BCUT2D eigenvalue weighted by Crippen LogP contribution is -1.94. The molecule has 6 heteroatoms. The molecule has 0 heterocycles. The van der Waals surface area contributed by atoms with Crippen molar-refractivity contribution >= 4 is 28.6 Å². The number of aliphatic hydroxyl groups is 1. The van der Waals surface area contributed by atoms with Crippen molar-refractivity contribution in [3.05, 3.63) is 0 Å². The van der Waals surface area contributed by atoms with Gasteiger partial charge in [-0.05, 0) is 22.5 Å². The summed E-state index contributed by atoms with van der Waals surface area (Å²) in [5, 5.41) is 8.19. The van der Waals surface area contributed by atoms with Crippen LogP contribution in [-0.4, -0.2) is 16.1 Å². The molecule has 0 radical (unpaired) electrons. The Morgan fingerprint density at radius 3 is 1.55 bits per heavy atom. The molecule has 0 fully saturated rings. The topological polar surface area (TPSA) is 57.5 Å². The van der Waals surface area contributed by atoms with E-state index in [1.807, 2.05) is 11.8 Å². The lowest BCUT2D eigenvalue weighted by Gasteiger charge is -1.81. The maximum atomic E-state index is 9.30. The summed E-state index contributed by atoms with van der Waals surface area (Å²) in [6.45, 7) is 0. The van der Waals surface area contributed by atoms with Crippen molar-refractivity contribution in [1.82, 2.24) is 0 Å². The Morgan fingerprint density at radius 1 is 1.36 bits per heavy atom. The molecule has 0 amide bonds. The largest absolute Gasteiger partial charge is 0.377 e. The number of rotatable bonds is 0. The number of hydrogen-bond donors (Lipinski definition) is 2. The highest BCUT2D eigenvalue weighted by molar-refractivity contribution is 8.04. The van der Waals surface area contributed by atoms with E-state index < -0.39 is 12.2 Å². The van der Waals surface area contributed by atoms with Crippen LogP contribution in [0.4, 0.5) is 0 Å². The number of halogens is 2. The Labute approximate surface area is 74.4 Å². The second-order valence-corrected chi connectivity index (χ2v) is 5.31. The quantitative estimate of drug-likeness (QED) is 0.471. The fourth-order valence-electron chi connectivity index (χ4n) is 0.0481. The predicted octanol–water partition coefficient (Wildman–Crippen LogP) is 1.18. The molecule has 0 aliphatic carbocycles. The Kier molecular flexibility index (Phi) is 8.01. The van der Waals surface area contributed by atoms with Gasteiger partial charge in [-0.1, -0.05) is 11.8 Å². The molecule has 0 saturated carbocycles. The van der Waals surface area contributed by atoms with Crippen LogP contribution in [0.5, 0.6) is 0 Å². The lowest BCUT2D eigenvalue weighted by molar-refractivity contribution is 0.290. The van der Waals surface area contributed by atoms with Gasteiger partial charge in [0.25, 0.3) is 0 Å². The van der Waals surface area contributed by atoms with Crippen LogP contribution in [-0.2, 0) is 4.57 Å². The molecule has 0 atom stereocenters. The van der Waals surface area contributed by atoms with Crippen LogP contribution >= 0.6 is 28.6 Å². The van der Waals surface area contributed by atoms with Gasteiger partial charge in [-0.2, -0.15) is 0 Å². The molecule has 0 aliphatic rings. The van der Waals surface area contributed by atoms with Gasteiger partial charge in [0.05, 0.1) is 0 Å². The van der Waals surface area contributed by atoms with Gasteiger partial charge in [-0.25, -0.2) is 0 Å². The average molecular weight is 215 g/mol. The highest BCUT2D eigenvalue weighted by Crippen LogP contribution is 2.51. The average Bonchev–Trinajstić information content (AvgIpc) is 1.83. The van der Waals surface area contributed by atoms with Crippen molar-refractivity contribution in [2.45, 2.75) is 6.10 Å². The van der Waals surface area contributed by atoms with Crippen LogP contribution in [0.15, 0.2) is 0 Å². The Bertz CT molecular complexity index is 199. The second kappa shape index (κ2) is 6.55. The van der Waals surface area contributed by atoms with Crippen LogP contribution in [0, 0.1) is 24.7 Å². The van der Waals surface area contributed by atoms with Crippen LogP contribution in [0.3, 0.4) is 0 Å². The predicted molar refractivity (Wildman–Crippen MR) is 45.2 cm³/mol. The minimum Gasteiger partial charge on any atom is -0.369 e. The Hall–Kier alpha value is -0.150. The van der Waals surface area contributed by atoms with E-state index in [0.717, 1.165) is 0 Å². The van der Waals surface area contributed by atoms with Gasteiger partial charge in [0.1, 0.15) is 0 Å². The van der Waals surface area contributed by atoms with Crippen molar-refractivity contribution in [2.24, 2.45) is 0 Å². The molecular formula is C5H5Cl2O3P. The van der Waals surface area contributed by atoms with Gasteiger partial charge in [0.15, 0.2) is 6.10 Å². The van der Waals surface area contributed by atoms with Gasteiger partial charge < -0.3 is 10.00 Å². The van der Waals surface area contributed by atoms with E-state index in [1.165, 1.54) is 0 Å². The first-order chi connectivity index (χ1) is 4.81. The summed E-state index contributed by atoms with van der Waals surface area (Å²) in [5.74, 6) is 3.87. The molecule has 0 aromatic heterocycles. The monoisotopic (exact) mass is 214 g/mol. The standard InChI is InChI=1S/C5H4O.Cl2HO2P/c1-3-5(6)4-2;1-5(2,3)4/h1-2,5-6H;(H,3,4). The molecule has 2 N–H and O–H groups in total. The molecule has 0 saturated heterocycles. The van der Waals surface area contributed by atoms with Crippen LogP contribution in [0.2, 0.25) is 0 Å². The fourth-order valence-corrected chi connectivity index (χ4v) is 0.0481. The van der Waals surface area contributed by atoms with Crippen molar-refractivity contribution in [3.63, 3.8) is 0 Å². The van der Waals surface area contributed by atoms with Crippen molar-refractivity contribution in [2.75, 3.05) is 0 Å². The Morgan fingerprint density at radius 2 is 1.55 bits per heavy atom. The maximum absolute atomic E-state index is 9.30. The van der Waals surface area contributed by atoms with Crippen molar-refractivity contribution in [1.29, 1.82) is 0 Å². The molecule has 11 heavy (non-hydrogen) atoms. The lowest BCUT2D eigenvalue weighted by atomic mass is 10.4. The van der Waals surface area contributed by atoms with E-state index in [4.69, 9.17) is 10.00 Å². The minimum atomic E-state index is -3.69. The second-order valence-electron chi connectivity index (χ2n) is 1.17. The van der Waals surface area contributed by atoms with Crippen LogP contribution in [0.25, 0.3) is 0 Å². The summed E-state index contributed by atoms with van der Waals surface area (Å²) in [4.78, 5) is 7.61. The van der Waals surface area contributed by atoms with E-state index in [-0.39, 0.29) is 0 Å². The number of aliphatic hydroxyl groups excluding tert-OH is 1. The maximum Gasteiger partial charge on any atom is 0.377 e. The first-order valence-electron chi connectivity index (χ1n) is 2.13. The molecule has 0 aliphatic heterocycles.